The summed E-state index contributed by atoms with van der Waals surface area (Å²) in [5, 5.41) is 0. The van der Waals surface area contributed by atoms with Crippen LogP contribution in [0.1, 0.15) is 5.56 Å². The van der Waals surface area contributed by atoms with Gasteiger partial charge in [-0.1, -0.05) is 43.0 Å². The summed E-state index contributed by atoms with van der Waals surface area (Å²) in [6, 6.07) is 10.0. The fourth-order valence-corrected chi connectivity index (χ4v) is 0.589. The van der Waals surface area contributed by atoms with Gasteiger partial charge in [-0.2, -0.15) is 0 Å². The molecule has 0 saturated heterocycles. The molecule has 4 nitrogen and oxygen atoms in total. The quantitative estimate of drug-likeness (QED) is 0.431. The Balaban J connectivity index is 0. The van der Waals surface area contributed by atoms with Crippen LogP contribution in [0.3, 0.4) is 0 Å². The van der Waals surface area contributed by atoms with Gasteiger partial charge in [-0.25, -0.2) is 0 Å². The van der Waals surface area contributed by atoms with Crippen molar-refractivity contribution in [3.8, 4) is 0 Å². The SMILES string of the molecule is C=Cc1ccccc1.O=S(=O)([O-])[O-].[Zn+2]. The van der Waals surface area contributed by atoms with Gasteiger partial charge in [0.05, 0.1) is 0 Å². The molecular weight excluding hydrogens is 258 g/mol. The Labute approximate surface area is 96.0 Å². The van der Waals surface area contributed by atoms with Crippen LogP contribution in [0, 0.1) is 0 Å². The first kappa shape index (κ1) is 15.9. The van der Waals surface area contributed by atoms with E-state index in [9.17, 15) is 0 Å². The number of hydrogen-bond donors (Lipinski definition) is 0. The molecule has 0 saturated carbocycles. The standard InChI is InChI=1S/C8H8.H2O4S.Zn/c1-2-8-6-4-3-5-7-8;1-5(2,3)4;/h2-7H,1H2;(H2,1,2,3,4);/q;;+2/p-2. The van der Waals surface area contributed by atoms with E-state index in [0.717, 1.165) is 0 Å². The maximum atomic E-state index is 8.52. The Morgan fingerprint density at radius 1 is 1.14 bits per heavy atom. The summed E-state index contributed by atoms with van der Waals surface area (Å²) in [7, 11) is -5.17. The minimum Gasteiger partial charge on any atom is -0.759 e. The number of rotatable bonds is 1. The van der Waals surface area contributed by atoms with E-state index in [1.165, 1.54) is 5.56 Å². The maximum absolute atomic E-state index is 8.52. The molecule has 0 aliphatic heterocycles. The van der Waals surface area contributed by atoms with Gasteiger partial charge in [0, 0.05) is 10.4 Å². The largest absolute Gasteiger partial charge is 2.00 e. The van der Waals surface area contributed by atoms with Crippen LogP contribution < -0.4 is 0 Å². The van der Waals surface area contributed by atoms with Crippen LogP contribution in [-0.4, -0.2) is 17.5 Å². The summed E-state index contributed by atoms with van der Waals surface area (Å²) in [5.41, 5.74) is 1.17. The van der Waals surface area contributed by atoms with Crippen molar-refractivity contribution in [2.24, 2.45) is 0 Å². The molecule has 1 rings (SSSR count). The van der Waals surface area contributed by atoms with Crippen molar-refractivity contribution in [2.75, 3.05) is 0 Å². The van der Waals surface area contributed by atoms with Crippen LogP contribution in [-0.2, 0) is 29.9 Å². The van der Waals surface area contributed by atoms with Crippen molar-refractivity contribution in [1.29, 1.82) is 0 Å². The zero-order chi connectivity index (χ0) is 10.3. The molecule has 0 N–H and O–H groups in total. The smallest absolute Gasteiger partial charge is 0.759 e. The second kappa shape index (κ2) is 7.82. The third-order valence-corrected chi connectivity index (χ3v) is 1.04. The van der Waals surface area contributed by atoms with Gasteiger partial charge < -0.3 is 9.11 Å². The molecule has 0 heterocycles. The van der Waals surface area contributed by atoms with Gasteiger partial charge in [0.1, 0.15) is 0 Å². The topological polar surface area (TPSA) is 80.3 Å². The molecule has 0 atom stereocenters. The monoisotopic (exact) mass is 264 g/mol. The number of hydrogen-bond acceptors (Lipinski definition) is 4. The minimum absolute atomic E-state index is 0. The second-order valence-corrected chi connectivity index (χ2v) is 2.84. The van der Waals surface area contributed by atoms with Gasteiger partial charge in [0.2, 0.25) is 0 Å². The van der Waals surface area contributed by atoms with Gasteiger partial charge in [-0.15, -0.1) is 0 Å². The molecule has 0 aliphatic carbocycles. The molecule has 0 unspecified atom stereocenters. The summed E-state index contributed by atoms with van der Waals surface area (Å²) in [5.74, 6) is 0. The third kappa shape index (κ3) is 14.0. The van der Waals surface area contributed by atoms with Gasteiger partial charge in [0.15, 0.2) is 0 Å². The van der Waals surface area contributed by atoms with Crippen molar-refractivity contribution in [2.45, 2.75) is 0 Å². The van der Waals surface area contributed by atoms with Gasteiger partial charge in [0.25, 0.3) is 0 Å². The van der Waals surface area contributed by atoms with E-state index in [2.05, 4.69) is 6.58 Å². The normalized spacial score (nSPS) is 9.00. The summed E-state index contributed by atoms with van der Waals surface area (Å²) < 4.78 is 34.1. The van der Waals surface area contributed by atoms with Crippen molar-refractivity contribution >= 4 is 16.5 Å². The maximum Gasteiger partial charge on any atom is 2.00 e. The van der Waals surface area contributed by atoms with E-state index in [1.54, 1.807) is 0 Å². The van der Waals surface area contributed by atoms with Crippen LogP contribution >= 0.6 is 0 Å². The van der Waals surface area contributed by atoms with Gasteiger partial charge >= 0.3 is 19.5 Å². The summed E-state index contributed by atoms with van der Waals surface area (Å²) in [6.45, 7) is 3.63. The Hall–Kier alpha value is -0.547. The molecule has 1 aromatic rings. The van der Waals surface area contributed by atoms with Crippen LogP contribution in [0.2, 0.25) is 0 Å². The molecule has 0 radical (unpaired) electrons. The predicted molar refractivity (Wildman–Crippen MR) is 47.0 cm³/mol. The van der Waals surface area contributed by atoms with E-state index >= 15 is 0 Å². The van der Waals surface area contributed by atoms with Crippen molar-refractivity contribution in [3.05, 3.63) is 42.5 Å². The first-order chi connectivity index (χ1) is 5.93. The molecule has 0 aromatic heterocycles. The van der Waals surface area contributed by atoms with E-state index in [-0.39, 0.29) is 19.5 Å². The van der Waals surface area contributed by atoms with Gasteiger partial charge in [-0.3, -0.25) is 8.42 Å². The first-order valence-corrected chi connectivity index (χ1v) is 4.61. The van der Waals surface area contributed by atoms with E-state index < -0.39 is 10.4 Å². The Morgan fingerprint density at radius 2 is 1.50 bits per heavy atom. The second-order valence-electron chi connectivity index (χ2n) is 2.02. The molecule has 0 spiro atoms. The Bertz CT molecular complexity index is 339. The predicted octanol–water partition coefficient (Wildman–Crippen LogP) is 0.989. The zero-order valence-corrected chi connectivity index (χ0v) is 11.2. The van der Waals surface area contributed by atoms with E-state index in [1.807, 2.05) is 36.4 Å². The number of benzene rings is 1. The summed E-state index contributed by atoms with van der Waals surface area (Å²) >= 11 is 0. The average Bonchev–Trinajstić information content (AvgIpc) is 2.03. The summed E-state index contributed by atoms with van der Waals surface area (Å²) in [4.78, 5) is 0. The molecular formula is C8H8O4SZn. The summed E-state index contributed by atoms with van der Waals surface area (Å²) in [6.07, 6.45) is 1.83. The first-order valence-electron chi connectivity index (χ1n) is 3.27. The molecule has 0 fully saturated rings. The van der Waals surface area contributed by atoms with Crippen molar-refractivity contribution in [1.82, 2.24) is 0 Å². The fraction of sp³-hybridized carbons (Fsp3) is 0. The van der Waals surface area contributed by atoms with Crippen LogP contribution in [0.5, 0.6) is 0 Å². The molecule has 0 aliphatic rings. The van der Waals surface area contributed by atoms with Crippen LogP contribution in [0.15, 0.2) is 36.9 Å². The van der Waals surface area contributed by atoms with Crippen molar-refractivity contribution in [3.63, 3.8) is 0 Å². The zero-order valence-electron chi connectivity index (χ0n) is 7.42. The molecule has 14 heavy (non-hydrogen) atoms. The van der Waals surface area contributed by atoms with Crippen LogP contribution in [0.25, 0.3) is 6.08 Å². The average molecular weight is 266 g/mol. The van der Waals surface area contributed by atoms with Crippen LogP contribution in [0.4, 0.5) is 0 Å². The molecule has 72 valence electrons. The van der Waals surface area contributed by atoms with Crippen molar-refractivity contribution < 1.29 is 37.0 Å². The molecule has 6 heteroatoms. The van der Waals surface area contributed by atoms with E-state index in [4.69, 9.17) is 17.5 Å². The van der Waals surface area contributed by atoms with Gasteiger partial charge in [-0.05, 0) is 5.56 Å². The molecule has 1 aromatic carbocycles. The third-order valence-electron chi connectivity index (χ3n) is 1.04. The molecule has 0 bridgehead atoms. The van der Waals surface area contributed by atoms with E-state index in [0.29, 0.717) is 0 Å². The molecule has 0 amide bonds. The Morgan fingerprint density at radius 3 is 1.71 bits per heavy atom. The minimum atomic E-state index is -5.17. The Kier molecular flexibility index (Phi) is 8.88. The fourth-order valence-electron chi connectivity index (χ4n) is 0.589.